The minimum atomic E-state index is -0.136. The highest BCUT2D eigenvalue weighted by atomic mass is 16.5. The van der Waals surface area contributed by atoms with Crippen molar-refractivity contribution in [3.63, 3.8) is 0 Å². The summed E-state index contributed by atoms with van der Waals surface area (Å²) in [5.74, 6) is 0.970. The van der Waals surface area contributed by atoms with Gasteiger partial charge in [-0.15, -0.1) is 0 Å². The van der Waals surface area contributed by atoms with Crippen LogP contribution in [-0.4, -0.2) is 29.6 Å². The molecule has 0 spiro atoms. The van der Waals surface area contributed by atoms with Gasteiger partial charge < -0.3 is 15.4 Å². The molecule has 1 atom stereocenters. The molecule has 0 aromatic heterocycles. The fraction of sp³-hybridized carbons (Fsp3) is 0.833. The van der Waals surface area contributed by atoms with Gasteiger partial charge in [0.2, 0.25) is 0 Å². The maximum atomic E-state index is 5.96. The molecule has 1 rings (SSSR count). The lowest BCUT2D eigenvalue weighted by Crippen LogP contribution is -2.43. The van der Waals surface area contributed by atoms with E-state index in [1.54, 1.807) is 0 Å². The van der Waals surface area contributed by atoms with Gasteiger partial charge in [0.25, 0.3) is 0 Å². The van der Waals surface area contributed by atoms with Crippen molar-refractivity contribution in [2.45, 2.75) is 52.2 Å². The monoisotopic (exact) mass is 212 g/mol. The fourth-order valence-corrected chi connectivity index (χ4v) is 1.83. The van der Waals surface area contributed by atoms with Crippen LogP contribution >= 0.6 is 0 Å². The Balaban J connectivity index is 2.59. The van der Waals surface area contributed by atoms with Crippen molar-refractivity contribution in [3.8, 4) is 0 Å². The van der Waals surface area contributed by atoms with E-state index in [0.29, 0.717) is 0 Å². The Kier molecular flexibility index (Phi) is 4.03. The fourth-order valence-electron chi connectivity index (χ4n) is 1.83. The van der Waals surface area contributed by atoms with Crippen LogP contribution in [0.25, 0.3) is 0 Å². The van der Waals surface area contributed by atoms with Gasteiger partial charge in [-0.1, -0.05) is 0 Å². The number of allylic oxidation sites excluding steroid dienone is 1. The van der Waals surface area contributed by atoms with Crippen LogP contribution in [0.3, 0.4) is 0 Å². The minimum Gasteiger partial charge on any atom is -0.474 e. The molecule has 0 bridgehead atoms. The highest BCUT2D eigenvalue weighted by molar-refractivity contribution is 4.95. The van der Waals surface area contributed by atoms with E-state index in [2.05, 4.69) is 25.7 Å². The van der Waals surface area contributed by atoms with E-state index in [1.165, 1.54) is 0 Å². The number of ether oxygens (including phenoxy) is 1. The lowest BCUT2D eigenvalue weighted by Gasteiger charge is -2.36. The molecule has 0 aliphatic carbocycles. The van der Waals surface area contributed by atoms with Gasteiger partial charge in [0.1, 0.15) is 5.60 Å². The molecular weight excluding hydrogens is 188 g/mol. The van der Waals surface area contributed by atoms with E-state index in [1.807, 2.05) is 13.0 Å². The molecule has 1 aliphatic rings. The zero-order valence-corrected chi connectivity index (χ0v) is 10.4. The van der Waals surface area contributed by atoms with Crippen LogP contribution in [-0.2, 0) is 4.74 Å². The molecule has 1 fully saturated rings. The number of nitrogens with zero attached hydrogens (tertiary/aromatic N) is 1. The highest BCUT2D eigenvalue weighted by Crippen LogP contribution is 2.20. The Hall–Kier alpha value is -0.700. The smallest absolute Gasteiger partial charge is 0.185 e. The third-order valence-electron chi connectivity index (χ3n) is 2.43. The molecule has 1 aliphatic heterocycles. The molecule has 15 heavy (non-hydrogen) atoms. The maximum absolute atomic E-state index is 5.96. The number of likely N-dealkylation sites (tertiary alicyclic amines) is 1. The molecule has 1 saturated heterocycles. The second kappa shape index (κ2) is 4.88. The normalized spacial score (nSPS) is 24.2. The predicted molar refractivity (Wildman–Crippen MR) is 63.4 cm³/mol. The summed E-state index contributed by atoms with van der Waals surface area (Å²) in [6, 6.07) is 0.289. The van der Waals surface area contributed by atoms with E-state index < -0.39 is 0 Å². The Bertz CT molecular complexity index is 230. The average Bonchev–Trinajstić information content (AvgIpc) is 2.13. The van der Waals surface area contributed by atoms with Gasteiger partial charge in [-0.2, -0.15) is 0 Å². The van der Waals surface area contributed by atoms with Crippen LogP contribution in [0.2, 0.25) is 0 Å². The summed E-state index contributed by atoms with van der Waals surface area (Å²) in [7, 11) is 0. The molecule has 0 amide bonds. The summed E-state index contributed by atoms with van der Waals surface area (Å²) in [6.45, 7) is 10.2. The summed E-state index contributed by atoms with van der Waals surface area (Å²) in [4.78, 5) is 2.25. The molecule has 0 aromatic carbocycles. The lowest BCUT2D eigenvalue weighted by molar-refractivity contribution is -0.00506. The molecule has 3 nitrogen and oxygen atoms in total. The predicted octanol–water partition coefficient (Wildman–Crippen LogP) is 2.09. The van der Waals surface area contributed by atoms with Crippen LogP contribution in [0, 0.1) is 0 Å². The van der Waals surface area contributed by atoms with Crippen LogP contribution in [0.15, 0.2) is 12.0 Å². The summed E-state index contributed by atoms with van der Waals surface area (Å²) in [5, 5.41) is 0. The first-order chi connectivity index (χ1) is 6.92. The van der Waals surface area contributed by atoms with Crippen molar-refractivity contribution in [1.29, 1.82) is 0 Å². The van der Waals surface area contributed by atoms with Gasteiger partial charge in [-0.05, 0) is 46.6 Å². The number of piperidine rings is 1. The molecule has 2 N–H and O–H groups in total. The summed E-state index contributed by atoms with van der Waals surface area (Å²) >= 11 is 0. The number of rotatable bonds is 2. The summed E-state index contributed by atoms with van der Waals surface area (Å²) < 4.78 is 5.91. The zero-order chi connectivity index (χ0) is 11.5. The van der Waals surface area contributed by atoms with Gasteiger partial charge in [-0.3, -0.25) is 0 Å². The number of hydrogen-bond donors (Lipinski definition) is 1. The van der Waals surface area contributed by atoms with E-state index >= 15 is 0 Å². The molecule has 1 heterocycles. The molecule has 0 aromatic rings. The first-order valence-corrected chi connectivity index (χ1v) is 5.78. The van der Waals surface area contributed by atoms with Crippen molar-refractivity contribution in [2.75, 3.05) is 13.1 Å². The first kappa shape index (κ1) is 12.4. The van der Waals surface area contributed by atoms with Gasteiger partial charge >= 0.3 is 0 Å². The van der Waals surface area contributed by atoms with Gasteiger partial charge in [-0.25, -0.2) is 0 Å². The van der Waals surface area contributed by atoms with Crippen LogP contribution in [0.1, 0.15) is 40.5 Å². The SMILES string of the molecule is CC=C(OC(C)(C)C)N1CCCC(N)C1. The molecule has 3 heteroatoms. The molecule has 88 valence electrons. The molecule has 0 saturated carbocycles. The second-order valence-corrected chi connectivity index (χ2v) is 5.19. The van der Waals surface area contributed by atoms with Gasteiger partial charge in [0, 0.05) is 19.1 Å². The van der Waals surface area contributed by atoms with E-state index in [-0.39, 0.29) is 11.6 Å². The Morgan fingerprint density at radius 3 is 2.60 bits per heavy atom. The quantitative estimate of drug-likeness (QED) is 0.712. The summed E-state index contributed by atoms with van der Waals surface area (Å²) in [5.41, 5.74) is 5.82. The second-order valence-electron chi connectivity index (χ2n) is 5.19. The largest absolute Gasteiger partial charge is 0.474 e. The Labute approximate surface area is 93.3 Å². The van der Waals surface area contributed by atoms with E-state index in [0.717, 1.165) is 31.8 Å². The standard InChI is InChI=1S/C12H24N2O/c1-5-11(15-12(2,3)4)14-8-6-7-10(13)9-14/h5,10H,6-9,13H2,1-4H3. The van der Waals surface area contributed by atoms with Crippen LogP contribution in [0.4, 0.5) is 0 Å². The molecule has 1 unspecified atom stereocenters. The van der Waals surface area contributed by atoms with Gasteiger partial charge in [0.15, 0.2) is 5.88 Å². The first-order valence-electron chi connectivity index (χ1n) is 5.78. The average molecular weight is 212 g/mol. The van der Waals surface area contributed by atoms with Crippen molar-refractivity contribution < 1.29 is 4.74 Å². The third kappa shape index (κ3) is 4.12. The lowest BCUT2D eigenvalue weighted by atomic mass is 10.1. The van der Waals surface area contributed by atoms with Crippen molar-refractivity contribution in [2.24, 2.45) is 5.73 Å². The van der Waals surface area contributed by atoms with Crippen molar-refractivity contribution in [1.82, 2.24) is 4.90 Å². The van der Waals surface area contributed by atoms with E-state index in [9.17, 15) is 0 Å². The van der Waals surface area contributed by atoms with Crippen molar-refractivity contribution >= 4 is 0 Å². The number of hydrogen-bond acceptors (Lipinski definition) is 3. The highest BCUT2D eigenvalue weighted by Gasteiger charge is 2.22. The maximum Gasteiger partial charge on any atom is 0.185 e. The zero-order valence-electron chi connectivity index (χ0n) is 10.4. The summed E-state index contributed by atoms with van der Waals surface area (Å²) in [6.07, 6.45) is 4.32. The molecular formula is C12H24N2O. The minimum absolute atomic E-state index is 0.136. The van der Waals surface area contributed by atoms with E-state index in [4.69, 9.17) is 10.5 Å². The third-order valence-corrected chi connectivity index (χ3v) is 2.43. The molecule has 0 radical (unpaired) electrons. The van der Waals surface area contributed by atoms with Crippen LogP contribution in [0.5, 0.6) is 0 Å². The topological polar surface area (TPSA) is 38.5 Å². The van der Waals surface area contributed by atoms with Crippen LogP contribution < -0.4 is 5.73 Å². The van der Waals surface area contributed by atoms with Crippen molar-refractivity contribution in [3.05, 3.63) is 12.0 Å². The number of nitrogens with two attached hydrogens (primary N) is 1. The Morgan fingerprint density at radius 1 is 1.47 bits per heavy atom. The van der Waals surface area contributed by atoms with Gasteiger partial charge in [0.05, 0.1) is 0 Å². The Morgan fingerprint density at radius 2 is 2.13 bits per heavy atom.